The fourth-order valence-corrected chi connectivity index (χ4v) is 21.9. The Morgan fingerprint density at radius 3 is 0.865 bits per heavy atom. The SMILES string of the molecule is [B]N=P.c1ccc(-c2c3ccccc3c(-c3ccc(-n4c5ccccc5c5ccccc54)cc3)c3ccccc23)cc1.c1ccc(-c2cccc3c2ccc2c(-c4ccccc4)cccc23)cc1.c1ccc(N(c2ccc(-c3ccc(N(c4ccccc4)c4cccc5ccccc45)cc3)cc2)c2cccc3ccccc23)cc1.c1cnc2c([O][Al]([O]c3cccc4cccnc34)[O]c3cccc4cccnc34)cccc2c1. The van der Waals surface area contributed by atoms with Crippen molar-refractivity contribution in [2.75, 3.05) is 9.80 Å². The molecule has 0 fully saturated rings. The quantitative estimate of drug-likeness (QED) is 0.0363. The molecule has 0 atom stereocenters. The van der Waals surface area contributed by atoms with Gasteiger partial charge in [-0.25, -0.2) is 0 Å². The lowest BCUT2D eigenvalue weighted by molar-refractivity contribution is 0.311. The molecular weight excluding hydrogens is 1840 g/mol. The van der Waals surface area contributed by atoms with Crippen LogP contribution in [0, 0.1) is 0 Å². The minimum atomic E-state index is -2.86. The highest BCUT2D eigenvalue weighted by Crippen LogP contribution is 2.48. The van der Waals surface area contributed by atoms with Crippen LogP contribution >= 0.6 is 9.03 Å². The molecule has 4 aromatic heterocycles. The van der Waals surface area contributed by atoms with Crippen molar-refractivity contribution in [1.82, 2.24) is 19.5 Å². The first-order valence-electron chi connectivity index (χ1n) is 49.5. The van der Waals surface area contributed by atoms with Crippen molar-refractivity contribution in [3.63, 3.8) is 0 Å². The Bertz CT molecular complexity index is 8860. The van der Waals surface area contributed by atoms with Crippen LogP contribution < -0.4 is 21.2 Å². The van der Waals surface area contributed by atoms with E-state index in [-0.39, 0.29) is 0 Å². The number of rotatable bonds is 18. The van der Waals surface area contributed by atoms with E-state index in [0.29, 0.717) is 17.2 Å². The van der Waals surface area contributed by atoms with Crippen LogP contribution in [-0.2, 0) is 0 Å². The van der Waals surface area contributed by atoms with E-state index in [4.69, 9.17) is 11.4 Å². The van der Waals surface area contributed by atoms with Crippen molar-refractivity contribution in [2.45, 2.75) is 0 Å². The van der Waals surface area contributed by atoms with Gasteiger partial charge in [-0.05, 0) is 240 Å². The standard InChI is InChI=1S/C44H32N2.C38H25N.C26H18.3C9H7NO.Al.BHNP/c1-3-17-37(18-4-1)45(43-23-11-15-35-13-7-9-21-41(35)43)39-29-25-33(26-30-39)34-27-31-40(32-28-34)46(38-19-5-2-6-20-38)44-24-12-16-36-14-8-10-22-42(36)44;1-2-12-26(13-3-1)37-31-16-4-6-18-33(31)38(34-19-7-5-17-32(34)37)27-22-24-28(25-23-27)39-35-20-10-8-14-29(35)30-15-9-11-21-36(30)39;1-3-9-19(10-4-1)21-13-7-15-23-24-16-8-14-22(20-11-5-2-6-12-20)26(24)18-17-25(21)23;3*11-8-5-1-3-7-4-2-6-10-9(7)8;;1-2-3/h1-32H;1-25H;1-18H;3*1-6,11H;;3H/q;;;;;;+3;/p-3. The molecule has 0 aliphatic rings. The van der Waals surface area contributed by atoms with E-state index >= 15 is 0 Å². The minimum absolute atomic E-state index is 0.608. The maximum Gasteiger partial charge on any atom is 1.20 e. The summed E-state index contributed by atoms with van der Waals surface area (Å²) in [5, 5.41) is 20.7. The van der Waals surface area contributed by atoms with Crippen LogP contribution in [0.25, 0.3) is 180 Å². The van der Waals surface area contributed by atoms with Gasteiger partial charge in [0.05, 0.1) is 22.4 Å². The molecule has 0 amide bonds. The number of para-hydroxylation sites is 7. The average Bonchev–Trinajstić information content (AvgIpc) is 1.48. The number of anilines is 6. The van der Waals surface area contributed by atoms with Gasteiger partial charge in [-0.1, -0.05) is 425 Å². The second-order valence-electron chi connectivity index (χ2n) is 35.9. The Kier molecular flexibility index (Phi) is 27.2. The van der Waals surface area contributed by atoms with Crippen molar-refractivity contribution in [1.29, 1.82) is 0 Å². The lowest BCUT2D eigenvalue weighted by Gasteiger charge is -2.27. The van der Waals surface area contributed by atoms with Gasteiger partial charge >= 0.3 is 15.1 Å². The molecule has 0 spiro atoms. The Morgan fingerprint density at radius 2 is 0.486 bits per heavy atom. The molecule has 0 saturated carbocycles. The van der Waals surface area contributed by atoms with Crippen LogP contribution in [-0.4, -0.2) is 42.6 Å². The van der Waals surface area contributed by atoms with Gasteiger partial charge < -0.3 is 30.4 Å². The van der Waals surface area contributed by atoms with Crippen molar-refractivity contribution >= 4 is 185 Å². The van der Waals surface area contributed by atoms with Crippen molar-refractivity contribution in [2.24, 2.45) is 4.66 Å². The summed E-state index contributed by atoms with van der Waals surface area (Å²) >= 11 is -2.86. The maximum atomic E-state index is 6.41. The number of benzene rings is 23. The van der Waals surface area contributed by atoms with E-state index < -0.39 is 15.1 Å². The van der Waals surface area contributed by atoms with Crippen LogP contribution in [0.1, 0.15) is 0 Å². The smallest absolute Gasteiger partial charge is 0.576 e. The molecule has 0 bridgehead atoms. The third kappa shape index (κ3) is 19.2. The van der Waals surface area contributed by atoms with E-state index in [2.05, 4.69) is 506 Å². The van der Waals surface area contributed by atoms with Gasteiger partial charge in [0.15, 0.2) is 0 Å². The van der Waals surface area contributed by atoms with Gasteiger partial charge in [0.2, 0.25) is 0 Å². The van der Waals surface area contributed by atoms with Crippen LogP contribution in [0.3, 0.4) is 0 Å². The molecule has 23 aromatic carbocycles. The zero-order valence-corrected chi connectivity index (χ0v) is 82.9. The molecule has 0 aliphatic carbocycles. The highest BCUT2D eigenvalue weighted by Gasteiger charge is 2.46. The van der Waals surface area contributed by atoms with Crippen LogP contribution in [0.15, 0.2) is 569 Å². The van der Waals surface area contributed by atoms with Crippen molar-refractivity contribution < 1.29 is 11.4 Å². The van der Waals surface area contributed by atoms with Gasteiger partial charge in [0.1, 0.15) is 33.8 Å². The van der Waals surface area contributed by atoms with Gasteiger partial charge in [-0.3, -0.25) is 15.0 Å². The molecule has 148 heavy (non-hydrogen) atoms. The Hall–Kier alpha value is -18.7. The number of fused-ring (bicyclic) bond motifs is 13. The summed E-state index contributed by atoms with van der Waals surface area (Å²) in [5.41, 5.74) is 25.2. The molecule has 27 rings (SSSR count). The summed E-state index contributed by atoms with van der Waals surface area (Å²) < 4.78 is 24.4. The first-order chi connectivity index (χ1) is 73.4. The molecule has 10 nitrogen and oxygen atoms in total. The Balaban J connectivity index is 0.000000109. The van der Waals surface area contributed by atoms with Crippen LogP contribution in [0.4, 0.5) is 34.1 Å². The highest BCUT2D eigenvalue weighted by atomic mass is 31.0. The second-order valence-corrected chi connectivity index (χ2v) is 37.5. The van der Waals surface area contributed by atoms with Gasteiger partial charge in [0, 0.05) is 84.7 Å². The largest absolute Gasteiger partial charge is 1.20 e. The molecule has 13 heteroatoms. The summed E-state index contributed by atoms with van der Waals surface area (Å²) in [5.74, 6) is 1.82. The topological polar surface area (TPSA) is 90.1 Å². The fourth-order valence-electron chi connectivity index (χ4n) is 20.5. The Labute approximate surface area is 867 Å². The summed E-state index contributed by atoms with van der Waals surface area (Å²) in [6.07, 6.45) is 5.24. The number of hydrogen-bond donors (Lipinski definition) is 0. The van der Waals surface area contributed by atoms with Crippen LogP contribution in [0.2, 0.25) is 0 Å². The third-order valence-corrected chi connectivity index (χ3v) is 28.5. The normalized spacial score (nSPS) is 11.0. The van der Waals surface area contributed by atoms with Crippen molar-refractivity contribution in [3.05, 3.63) is 565 Å². The number of nitrogens with zero attached hydrogens (tertiary/aromatic N) is 7. The third-order valence-electron chi connectivity index (χ3n) is 27.2. The van der Waals surface area contributed by atoms with E-state index in [9.17, 15) is 0 Å². The molecule has 27 aromatic rings. The minimum Gasteiger partial charge on any atom is -0.576 e. The Morgan fingerprint density at radius 1 is 0.216 bits per heavy atom. The number of pyridine rings is 3. The second kappa shape index (κ2) is 43.3. The predicted molar refractivity (Wildman–Crippen MR) is 625 cm³/mol. The number of aromatic nitrogens is 4. The fraction of sp³-hybridized carbons (Fsp3) is 0. The molecule has 698 valence electrons. The van der Waals surface area contributed by atoms with Gasteiger partial charge in [0.25, 0.3) is 7.98 Å². The average molecular weight is 1930 g/mol. The molecule has 0 N–H and O–H groups in total. The summed E-state index contributed by atoms with van der Waals surface area (Å²) in [7, 11) is 6.97. The van der Waals surface area contributed by atoms with Gasteiger partial charge in [-0.15, -0.1) is 0 Å². The van der Waals surface area contributed by atoms with Gasteiger partial charge in [-0.2, -0.15) is 0 Å². The lowest BCUT2D eigenvalue weighted by atomic mass is 9.86. The predicted octanol–water partition coefficient (Wildman–Crippen LogP) is 36.6. The van der Waals surface area contributed by atoms with E-state index in [0.717, 1.165) is 66.8 Å². The van der Waals surface area contributed by atoms with E-state index in [1.807, 2.05) is 91.0 Å². The van der Waals surface area contributed by atoms with Crippen LogP contribution in [0.5, 0.6) is 17.2 Å². The van der Waals surface area contributed by atoms with E-state index in [1.165, 1.54) is 148 Å². The maximum absolute atomic E-state index is 6.41. The number of hydrogen-bond acceptors (Lipinski definition) is 9. The summed E-state index contributed by atoms with van der Waals surface area (Å²) in [4.78, 5) is 18.2. The van der Waals surface area contributed by atoms with Crippen molar-refractivity contribution in [3.8, 4) is 78.6 Å². The lowest BCUT2D eigenvalue weighted by Crippen LogP contribution is -2.37. The zero-order chi connectivity index (χ0) is 99.3. The molecule has 2 radical (unpaired) electrons. The molecule has 0 saturated heterocycles. The molecule has 0 aliphatic heterocycles. The zero-order valence-electron chi connectivity index (χ0n) is 80.7. The first-order valence-corrected chi connectivity index (χ1v) is 51.3. The molecule has 0 unspecified atom stereocenters. The molecule has 4 heterocycles. The molecular formula is C135H94AlBN7O3P. The monoisotopic (exact) mass is 1930 g/mol. The first kappa shape index (κ1) is 93.0. The highest BCUT2D eigenvalue weighted by molar-refractivity contribution is 7.05. The van der Waals surface area contributed by atoms with E-state index in [1.54, 1.807) is 18.6 Å². The summed E-state index contributed by atoms with van der Waals surface area (Å²) in [6.45, 7) is 0. The summed E-state index contributed by atoms with van der Waals surface area (Å²) in [6, 6.07) is 192.